The summed E-state index contributed by atoms with van der Waals surface area (Å²) in [5, 5.41) is 11.5. The number of aliphatic carboxylic acids is 1. The van der Waals surface area contributed by atoms with Gasteiger partial charge in [0.05, 0.1) is 20.3 Å². The normalized spacial score (nSPS) is 12.8. The highest BCUT2D eigenvalue weighted by atomic mass is 16.5. The van der Waals surface area contributed by atoms with Crippen molar-refractivity contribution in [1.29, 1.82) is 0 Å². The number of hydrogen-bond acceptors (Lipinski definition) is 6. The van der Waals surface area contributed by atoms with Gasteiger partial charge in [-0.05, 0) is 77.9 Å². The van der Waals surface area contributed by atoms with E-state index in [-0.39, 0.29) is 11.6 Å². The second-order valence-electron chi connectivity index (χ2n) is 10.7. The Morgan fingerprint density at radius 1 is 0.816 bits per heavy atom. The number of hydrogen-bond donors (Lipinski definition) is 2. The molecule has 0 radical (unpaired) electrons. The van der Waals surface area contributed by atoms with Crippen LogP contribution in [0, 0.1) is 6.92 Å². The summed E-state index contributed by atoms with van der Waals surface area (Å²) in [7, 11) is 3.36. The molecule has 262 valence electrons. The zero-order valence-corrected chi connectivity index (χ0v) is 30.3. The lowest BCUT2D eigenvalue weighted by molar-refractivity contribution is -0.132. The van der Waals surface area contributed by atoms with Gasteiger partial charge < -0.3 is 29.4 Å². The second-order valence-corrected chi connectivity index (χ2v) is 10.7. The largest absolute Gasteiger partial charge is 0.493 e. The number of fused-ring (bicyclic) bond motifs is 1. The second kappa shape index (κ2) is 21.8. The van der Waals surface area contributed by atoms with Gasteiger partial charge >= 0.3 is 5.97 Å². The quantitative estimate of drug-likeness (QED) is 0.154. The van der Waals surface area contributed by atoms with Gasteiger partial charge in [-0.1, -0.05) is 107 Å². The Bertz CT molecular complexity index is 1600. The van der Waals surface area contributed by atoms with E-state index in [0.717, 1.165) is 58.2 Å². The molecule has 5 rings (SSSR count). The summed E-state index contributed by atoms with van der Waals surface area (Å²) in [5.74, 6) is 2.04. The average molecular weight is 668 g/mol. The predicted octanol–water partition coefficient (Wildman–Crippen LogP) is 9.77. The average Bonchev–Trinajstić information content (AvgIpc) is 3.15. The Labute approximate surface area is 293 Å². The molecular weight excluding hydrogens is 614 g/mol. The van der Waals surface area contributed by atoms with Crippen LogP contribution in [0.2, 0.25) is 0 Å². The first-order chi connectivity index (χ1) is 23.8. The van der Waals surface area contributed by atoms with Crippen molar-refractivity contribution >= 4 is 12.0 Å². The van der Waals surface area contributed by atoms with Gasteiger partial charge in [0.2, 0.25) is 0 Å². The summed E-state index contributed by atoms with van der Waals surface area (Å²) >= 11 is 0. The molecule has 0 aromatic heterocycles. The summed E-state index contributed by atoms with van der Waals surface area (Å²) in [6.07, 6.45) is 5.30. The molecule has 4 aromatic rings. The Morgan fingerprint density at radius 2 is 1.31 bits per heavy atom. The van der Waals surface area contributed by atoms with Gasteiger partial charge in [-0.2, -0.15) is 0 Å². The SMILES string of the molecule is C=C(C)C(=O)O.CC.CC.COc1cc(C)c(/C=C/C2NCCc3cc(OCc4ccccc4)c(OC)cc32)cc1OCc1ccccc1. The number of carboxylic acid groups (broad SMARTS) is 1. The molecule has 1 unspecified atom stereocenters. The molecule has 0 bridgehead atoms. The maximum Gasteiger partial charge on any atom is 0.330 e. The molecule has 0 spiro atoms. The number of ether oxygens (including phenoxy) is 4. The zero-order chi connectivity index (χ0) is 36.2. The molecule has 1 aliphatic rings. The van der Waals surface area contributed by atoms with E-state index in [1.807, 2.05) is 70.2 Å². The topological polar surface area (TPSA) is 86.3 Å². The monoisotopic (exact) mass is 667 g/mol. The fourth-order valence-corrected chi connectivity index (χ4v) is 4.84. The van der Waals surface area contributed by atoms with Crippen LogP contribution in [0.1, 0.15) is 74.0 Å². The maximum atomic E-state index is 9.60. The number of carboxylic acids is 1. The van der Waals surface area contributed by atoms with E-state index in [1.54, 1.807) is 14.2 Å². The van der Waals surface area contributed by atoms with E-state index in [1.165, 1.54) is 18.1 Å². The van der Waals surface area contributed by atoms with E-state index in [0.29, 0.717) is 13.2 Å². The molecule has 1 atom stereocenters. The molecule has 0 aliphatic carbocycles. The number of carbonyl (C=O) groups is 1. The van der Waals surface area contributed by atoms with Crippen LogP contribution in [-0.2, 0) is 24.4 Å². The molecule has 0 saturated carbocycles. The number of rotatable bonds is 11. The van der Waals surface area contributed by atoms with Gasteiger partial charge in [0.15, 0.2) is 23.0 Å². The van der Waals surface area contributed by atoms with Crippen molar-refractivity contribution in [3.8, 4) is 23.0 Å². The molecule has 4 aromatic carbocycles. The summed E-state index contributed by atoms with van der Waals surface area (Å²) in [5.41, 5.74) is 7.09. The molecule has 0 fully saturated rings. The first kappa shape index (κ1) is 40.2. The van der Waals surface area contributed by atoms with E-state index in [9.17, 15) is 4.79 Å². The van der Waals surface area contributed by atoms with Crippen LogP contribution < -0.4 is 24.3 Å². The van der Waals surface area contributed by atoms with Crippen LogP contribution in [0.5, 0.6) is 23.0 Å². The number of aryl methyl sites for hydroxylation is 1. The highest BCUT2D eigenvalue weighted by molar-refractivity contribution is 5.84. The molecule has 1 aliphatic heterocycles. The molecule has 7 heteroatoms. The van der Waals surface area contributed by atoms with Gasteiger partial charge in [-0.25, -0.2) is 4.79 Å². The minimum atomic E-state index is -0.935. The van der Waals surface area contributed by atoms with Gasteiger partial charge in [-0.3, -0.25) is 0 Å². The van der Waals surface area contributed by atoms with Gasteiger partial charge in [-0.15, -0.1) is 0 Å². The van der Waals surface area contributed by atoms with Crippen LogP contribution in [0.3, 0.4) is 0 Å². The number of nitrogens with one attached hydrogen (secondary N) is 1. The van der Waals surface area contributed by atoms with Crippen LogP contribution in [0.15, 0.2) is 103 Å². The molecule has 0 saturated heterocycles. The van der Waals surface area contributed by atoms with Crippen molar-refractivity contribution < 1.29 is 28.8 Å². The van der Waals surface area contributed by atoms with Crippen molar-refractivity contribution in [2.24, 2.45) is 0 Å². The van der Waals surface area contributed by atoms with Crippen molar-refractivity contribution in [2.75, 3.05) is 20.8 Å². The molecular formula is C42H53NO6. The highest BCUT2D eigenvalue weighted by Crippen LogP contribution is 2.37. The van der Waals surface area contributed by atoms with Crippen molar-refractivity contribution in [1.82, 2.24) is 5.32 Å². The summed E-state index contributed by atoms with van der Waals surface area (Å²) < 4.78 is 23.6. The van der Waals surface area contributed by atoms with Gasteiger partial charge in [0, 0.05) is 12.1 Å². The molecule has 0 amide bonds. The van der Waals surface area contributed by atoms with Crippen LogP contribution >= 0.6 is 0 Å². The van der Waals surface area contributed by atoms with Crippen LogP contribution in [-0.4, -0.2) is 31.8 Å². The van der Waals surface area contributed by atoms with Crippen molar-refractivity contribution in [3.05, 3.63) is 137 Å². The Morgan fingerprint density at radius 3 is 1.80 bits per heavy atom. The van der Waals surface area contributed by atoms with E-state index < -0.39 is 5.97 Å². The number of benzene rings is 4. The van der Waals surface area contributed by atoms with E-state index >= 15 is 0 Å². The molecule has 2 N–H and O–H groups in total. The third-order valence-electron chi connectivity index (χ3n) is 7.38. The van der Waals surface area contributed by atoms with Crippen molar-refractivity contribution in [2.45, 2.75) is 67.2 Å². The first-order valence-electron chi connectivity index (χ1n) is 16.8. The van der Waals surface area contributed by atoms with Crippen molar-refractivity contribution in [3.63, 3.8) is 0 Å². The Hall–Kier alpha value is -5.01. The first-order valence-corrected chi connectivity index (χ1v) is 16.8. The lowest BCUT2D eigenvalue weighted by atomic mass is 9.92. The van der Waals surface area contributed by atoms with E-state index in [4.69, 9.17) is 24.1 Å². The third-order valence-corrected chi connectivity index (χ3v) is 7.38. The summed E-state index contributed by atoms with van der Waals surface area (Å²) in [6.45, 7) is 16.6. The van der Waals surface area contributed by atoms with Crippen LogP contribution in [0.4, 0.5) is 0 Å². The third kappa shape index (κ3) is 12.5. The lowest BCUT2D eigenvalue weighted by Gasteiger charge is -2.26. The summed E-state index contributed by atoms with van der Waals surface area (Å²) in [6, 6.07) is 28.7. The summed E-state index contributed by atoms with van der Waals surface area (Å²) in [4.78, 5) is 9.60. The lowest BCUT2D eigenvalue weighted by Crippen LogP contribution is -2.28. The number of methoxy groups -OCH3 is 2. The minimum Gasteiger partial charge on any atom is -0.493 e. The highest BCUT2D eigenvalue weighted by Gasteiger charge is 2.21. The standard InChI is InChI=1S/C34H35NO4.C4H6O2.2C2H6/c1-24-18-31(36-2)33(38-22-25-10-6-4-7-11-25)19-27(24)14-15-30-29-21-32(37-3)34(20-28(29)16-17-35-30)39-23-26-12-8-5-9-13-26;1-3(2)4(5)6;2*1-2/h4-15,18-21,30,35H,16-17,22-23H2,1-3H3;1H2,2H3,(H,5,6);2*1-2H3/b15-14+;;;. The minimum absolute atomic E-state index is 0.0565. The fraction of sp³-hybridized carbons (Fsp3) is 0.310. The van der Waals surface area contributed by atoms with Gasteiger partial charge in [0.25, 0.3) is 0 Å². The Balaban J connectivity index is 0.000000743. The smallest absolute Gasteiger partial charge is 0.330 e. The molecule has 7 nitrogen and oxygen atoms in total. The molecule has 1 heterocycles. The fourth-order valence-electron chi connectivity index (χ4n) is 4.84. The van der Waals surface area contributed by atoms with E-state index in [2.05, 4.69) is 73.4 Å². The Kier molecular flexibility index (Phi) is 17.9. The van der Waals surface area contributed by atoms with Gasteiger partial charge in [0.1, 0.15) is 13.2 Å². The maximum absolute atomic E-state index is 9.60. The molecule has 49 heavy (non-hydrogen) atoms. The zero-order valence-electron chi connectivity index (χ0n) is 30.3. The predicted molar refractivity (Wildman–Crippen MR) is 201 cm³/mol. The van der Waals surface area contributed by atoms with Crippen LogP contribution in [0.25, 0.3) is 6.08 Å².